The number of amides is 2. The Morgan fingerprint density at radius 1 is 0.812 bits per heavy atom. The van der Waals surface area contributed by atoms with Crippen molar-refractivity contribution in [1.29, 1.82) is 0 Å². The highest BCUT2D eigenvalue weighted by Crippen LogP contribution is 2.15. The summed E-state index contributed by atoms with van der Waals surface area (Å²) in [6.07, 6.45) is -10.8. The number of nitrogens with one attached hydrogen (secondary N) is 2. The monoisotopic (exact) mass is 272 g/mol. The zero-order chi connectivity index (χ0) is 13.1. The molecule has 0 aliphatic heterocycles. The molecule has 0 spiro atoms. The van der Waals surface area contributed by atoms with E-state index < -0.39 is 35.3 Å². The van der Waals surface area contributed by atoms with E-state index in [4.69, 9.17) is 0 Å². The minimum atomic E-state index is -5.42. The van der Waals surface area contributed by atoms with Gasteiger partial charge in [0.2, 0.25) is 11.2 Å². The summed E-state index contributed by atoms with van der Waals surface area (Å²) in [6, 6.07) is 0. The van der Waals surface area contributed by atoms with Crippen LogP contribution in [0.5, 0.6) is 0 Å². The third-order valence-corrected chi connectivity index (χ3v) is 1.63. The highest BCUT2D eigenvalue weighted by Gasteiger charge is 2.42. The van der Waals surface area contributed by atoms with Gasteiger partial charge in [-0.3, -0.25) is 9.59 Å². The Balaban J connectivity index is 4.32. The fourth-order valence-corrected chi connectivity index (χ4v) is 0.929. The molecule has 0 radical (unpaired) electrons. The van der Waals surface area contributed by atoms with Crippen LogP contribution in [0.3, 0.4) is 0 Å². The van der Waals surface area contributed by atoms with E-state index in [0.29, 0.717) is 9.44 Å². The zero-order valence-corrected chi connectivity index (χ0v) is 7.72. The Morgan fingerprint density at radius 2 is 1.06 bits per heavy atom. The predicted octanol–water partition coefficient (Wildman–Crippen LogP) is -0.0779. The molecule has 0 heterocycles. The van der Waals surface area contributed by atoms with Gasteiger partial charge in [0.05, 0.1) is 0 Å². The van der Waals surface area contributed by atoms with Crippen molar-refractivity contribution in [2.24, 2.45) is 0 Å². The molecule has 0 aromatic rings. The van der Waals surface area contributed by atoms with Gasteiger partial charge >= 0.3 is 24.2 Å². The Labute approximate surface area is 85.9 Å². The molecular formula is C4H2F6N2O3S. The summed E-state index contributed by atoms with van der Waals surface area (Å²) < 4.78 is 80.6. The second-order valence-corrected chi connectivity index (χ2v) is 3.07. The van der Waals surface area contributed by atoms with Gasteiger partial charge in [0.15, 0.2) is 0 Å². The first-order valence-electron chi connectivity index (χ1n) is 3.12. The fourth-order valence-electron chi connectivity index (χ4n) is 0.310. The van der Waals surface area contributed by atoms with Gasteiger partial charge in [-0.2, -0.15) is 26.3 Å². The molecule has 0 aliphatic carbocycles. The van der Waals surface area contributed by atoms with Gasteiger partial charge in [0.25, 0.3) is 0 Å². The highest BCUT2D eigenvalue weighted by atomic mass is 32.2. The van der Waals surface area contributed by atoms with Crippen LogP contribution >= 0.6 is 0 Å². The second-order valence-electron chi connectivity index (χ2n) is 2.13. The maximum atomic E-state index is 11.5. The van der Waals surface area contributed by atoms with Crippen LogP contribution in [0.25, 0.3) is 0 Å². The molecule has 0 aliphatic rings. The third kappa shape index (κ3) is 4.95. The number of alkyl halides is 6. The van der Waals surface area contributed by atoms with Crippen LogP contribution in [-0.4, -0.2) is 28.4 Å². The molecule has 2 amide bonds. The highest BCUT2D eigenvalue weighted by molar-refractivity contribution is 7.82. The molecule has 0 unspecified atom stereocenters. The normalized spacial score (nSPS) is 12.4. The maximum Gasteiger partial charge on any atom is 0.472 e. The summed E-state index contributed by atoms with van der Waals surface area (Å²) in [5, 5.41) is 0. The summed E-state index contributed by atoms with van der Waals surface area (Å²) in [5.41, 5.74) is 0. The molecule has 0 saturated carbocycles. The van der Waals surface area contributed by atoms with Crippen LogP contribution in [0.2, 0.25) is 0 Å². The van der Waals surface area contributed by atoms with Gasteiger partial charge in [-0.1, -0.05) is 0 Å². The van der Waals surface area contributed by atoms with Crippen LogP contribution in [0.15, 0.2) is 0 Å². The van der Waals surface area contributed by atoms with E-state index in [1.54, 1.807) is 0 Å². The van der Waals surface area contributed by atoms with E-state index in [1.807, 2.05) is 0 Å². The zero-order valence-electron chi connectivity index (χ0n) is 6.90. The largest absolute Gasteiger partial charge is 0.472 e. The smallest absolute Gasteiger partial charge is 0.263 e. The molecule has 0 rings (SSSR count). The lowest BCUT2D eigenvalue weighted by atomic mass is 10.6. The van der Waals surface area contributed by atoms with Crippen LogP contribution in [-0.2, 0) is 20.8 Å². The van der Waals surface area contributed by atoms with Crippen molar-refractivity contribution < 1.29 is 40.1 Å². The van der Waals surface area contributed by atoms with E-state index in [1.165, 1.54) is 0 Å². The van der Waals surface area contributed by atoms with Gasteiger partial charge < -0.3 is 0 Å². The molecule has 5 nitrogen and oxygen atoms in total. The van der Waals surface area contributed by atoms with E-state index in [-0.39, 0.29) is 0 Å². The Hall–Kier alpha value is -1.33. The third-order valence-electron chi connectivity index (χ3n) is 0.886. The Morgan fingerprint density at radius 3 is 1.25 bits per heavy atom. The first kappa shape index (κ1) is 14.7. The number of hydrogen-bond donors (Lipinski definition) is 2. The van der Waals surface area contributed by atoms with E-state index in [2.05, 4.69) is 0 Å². The molecule has 12 heteroatoms. The predicted molar refractivity (Wildman–Crippen MR) is 36.5 cm³/mol. The van der Waals surface area contributed by atoms with E-state index in [0.717, 1.165) is 0 Å². The molecule has 0 aromatic heterocycles. The molecular weight excluding hydrogens is 270 g/mol. The number of carbonyl (C=O) groups excluding carboxylic acids is 2. The lowest BCUT2D eigenvalue weighted by molar-refractivity contribution is -0.172. The molecule has 16 heavy (non-hydrogen) atoms. The standard InChI is InChI=1S/C4H2F6N2O3S/c5-3(6,7)1(13)11-16(15)12-2(14)4(8,9)10/h(H,11,13)(H,12,14). The molecule has 94 valence electrons. The van der Waals surface area contributed by atoms with Gasteiger partial charge in [-0.05, 0) is 0 Å². The minimum Gasteiger partial charge on any atom is -0.263 e. The SMILES string of the molecule is O=C(NS(=O)NC(=O)C(F)(F)F)C(F)(F)F. The molecule has 0 fully saturated rings. The Kier molecular flexibility index (Phi) is 4.28. The summed E-state index contributed by atoms with van der Waals surface area (Å²) in [7, 11) is 0. The Bertz CT molecular complexity index is 293. The second kappa shape index (κ2) is 4.67. The van der Waals surface area contributed by atoms with Gasteiger partial charge in [-0.15, -0.1) is 0 Å². The minimum absolute atomic E-state index is 0.599. The number of rotatable bonds is 2. The van der Waals surface area contributed by atoms with Crippen molar-refractivity contribution in [3.63, 3.8) is 0 Å². The summed E-state index contributed by atoms with van der Waals surface area (Å²) in [5.74, 6) is -5.48. The average Bonchev–Trinajstić information content (AvgIpc) is 1.99. The van der Waals surface area contributed by atoms with Crippen molar-refractivity contribution in [1.82, 2.24) is 9.44 Å². The molecule has 0 bridgehead atoms. The lowest BCUT2D eigenvalue weighted by Gasteiger charge is -2.09. The average molecular weight is 272 g/mol. The van der Waals surface area contributed by atoms with Crippen molar-refractivity contribution >= 4 is 23.0 Å². The van der Waals surface area contributed by atoms with Crippen LogP contribution < -0.4 is 9.44 Å². The first-order valence-corrected chi connectivity index (χ1v) is 4.27. The van der Waals surface area contributed by atoms with Crippen molar-refractivity contribution in [2.45, 2.75) is 12.4 Å². The van der Waals surface area contributed by atoms with Crippen LogP contribution in [0.4, 0.5) is 26.3 Å². The maximum absolute atomic E-state index is 11.5. The van der Waals surface area contributed by atoms with E-state index in [9.17, 15) is 40.1 Å². The fraction of sp³-hybridized carbons (Fsp3) is 0.500. The first-order chi connectivity index (χ1) is 6.94. The topological polar surface area (TPSA) is 75.3 Å². The molecule has 0 saturated heterocycles. The number of carbonyl (C=O) groups is 2. The van der Waals surface area contributed by atoms with Gasteiger partial charge in [0.1, 0.15) is 0 Å². The summed E-state index contributed by atoms with van der Waals surface area (Å²) in [4.78, 5) is 20.1. The quantitative estimate of drug-likeness (QED) is 0.690. The number of halogens is 6. The number of hydrogen-bond acceptors (Lipinski definition) is 3. The van der Waals surface area contributed by atoms with E-state index >= 15 is 0 Å². The molecule has 0 atom stereocenters. The van der Waals surface area contributed by atoms with Gasteiger partial charge in [-0.25, -0.2) is 13.7 Å². The van der Waals surface area contributed by atoms with Crippen molar-refractivity contribution in [2.75, 3.05) is 0 Å². The van der Waals surface area contributed by atoms with Crippen molar-refractivity contribution in [3.8, 4) is 0 Å². The van der Waals surface area contributed by atoms with Gasteiger partial charge in [0, 0.05) is 0 Å². The molecule has 0 aromatic carbocycles. The summed E-state index contributed by atoms with van der Waals surface area (Å²) >= 11 is -3.31. The summed E-state index contributed by atoms with van der Waals surface area (Å²) in [6.45, 7) is 0. The molecule has 2 N–H and O–H groups in total. The lowest BCUT2D eigenvalue weighted by Crippen LogP contribution is -2.47. The van der Waals surface area contributed by atoms with Crippen LogP contribution in [0, 0.1) is 0 Å². The van der Waals surface area contributed by atoms with Crippen LogP contribution in [0.1, 0.15) is 0 Å². The van der Waals surface area contributed by atoms with Crippen molar-refractivity contribution in [3.05, 3.63) is 0 Å².